The molecule has 0 aromatic heterocycles. The van der Waals surface area contributed by atoms with E-state index in [2.05, 4.69) is 27.7 Å². The Morgan fingerprint density at radius 1 is 1.38 bits per heavy atom. The van der Waals surface area contributed by atoms with Crippen molar-refractivity contribution in [1.82, 2.24) is 0 Å². The maximum absolute atomic E-state index is 11.6. The van der Waals surface area contributed by atoms with Gasteiger partial charge in [0, 0.05) is 0 Å². The fourth-order valence-electron chi connectivity index (χ4n) is 3.59. The average Bonchev–Trinajstić information content (AvgIpc) is 2.51. The summed E-state index contributed by atoms with van der Waals surface area (Å²) in [6.45, 7) is 9.09. The highest BCUT2D eigenvalue weighted by atomic mass is 16.5. The van der Waals surface area contributed by atoms with Crippen LogP contribution in [0, 0.1) is 23.2 Å². The Labute approximate surface area is 99.8 Å². The molecule has 2 heteroatoms. The second kappa shape index (κ2) is 5.20. The molecule has 16 heavy (non-hydrogen) atoms. The second-order valence-electron chi connectivity index (χ2n) is 5.56. The minimum atomic E-state index is -0.0513. The third kappa shape index (κ3) is 2.26. The fraction of sp³-hybridized carbons (Fsp3) is 0.929. The van der Waals surface area contributed by atoms with Gasteiger partial charge in [0.05, 0.1) is 13.5 Å². The molecule has 0 N–H and O–H groups in total. The lowest BCUT2D eigenvalue weighted by molar-refractivity contribution is -0.144. The van der Waals surface area contributed by atoms with E-state index in [1.54, 1.807) is 0 Å². The standard InChI is InChI=1S/C14H26O2/c1-6-11-8-12(7-2)14(4,10(11)3)9-13(15)16-5/h10-12H,6-9H2,1-5H3. The van der Waals surface area contributed by atoms with Crippen molar-refractivity contribution in [3.05, 3.63) is 0 Å². The Morgan fingerprint density at radius 3 is 2.44 bits per heavy atom. The molecular formula is C14H26O2. The number of rotatable bonds is 4. The molecule has 0 aliphatic heterocycles. The molecule has 4 unspecified atom stereocenters. The quantitative estimate of drug-likeness (QED) is 0.684. The van der Waals surface area contributed by atoms with E-state index in [1.165, 1.54) is 26.4 Å². The molecule has 1 fully saturated rings. The zero-order valence-electron chi connectivity index (χ0n) is 11.4. The highest BCUT2D eigenvalue weighted by Crippen LogP contribution is 2.55. The van der Waals surface area contributed by atoms with Crippen LogP contribution in [0.1, 0.15) is 53.4 Å². The van der Waals surface area contributed by atoms with Gasteiger partial charge in [0.1, 0.15) is 0 Å². The van der Waals surface area contributed by atoms with Crippen LogP contribution in [0.25, 0.3) is 0 Å². The predicted molar refractivity (Wildman–Crippen MR) is 66.1 cm³/mol. The number of ether oxygens (including phenoxy) is 1. The van der Waals surface area contributed by atoms with Crippen LogP contribution < -0.4 is 0 Å². The fourth-order valence-corrected chi connectivity index (χ4v) is 3.59. The summed E-state index contributed by atoms with van der Waals surface area (Å²) in [4.78, 5) is 11.6. The Morgan fingerprint density at radius 2 is 2.00 bits per heavy atom. The van der Waals surface area contributed by atoms with Gasteiger partial charge in [0.25, 0.3) is 0 Å². The van der Waals surface area contributed by atoms with E-state index in [9.17, 15) is 4.79 Å². The Bertz CT molecular complexity index is 245. The van der Waals surface area contributed by atoms with E-state index in [0.717, 1.165) is 5.92 Å². The van der Waals surface area contributed by atoms with Crippen molar-refractivity contribution in [3.63, 3.8) is 0 Å². The van der Waals surface area contributed by atoms with Crippen LogP contribution in [0.5, 0.6) is 0 Å². The van der Waals surface area contributed by atoms with Crippen molar-refractivity contribution in [2.45, 2.75) is 53.4 Å². The molecule has 0 saturated heterocycles. The first-order valence-corrected chi connectivity index (χ1v) is 6.56. The van der Waals surface area contributed by atoms with Crippen molar-refractivity contribution in [1.29, 1.82) is 0 Å². The molecule has 1 aliphatic rings. The first-order chi connectivity index (χ1) is 7.49. The molecule has 2 nitrogen and oxygen atoms in total. The maximum atomic E-state index is 11.6. The van der Waals surface area contributed by atoms with Gasteiger partial charge in [0.15, 0.2) is 0 Å². The van der Waals surface area contributed by atoms with Gasteiger partial charge >= 0.3 is 5.97 Å². The predicted octanol–water partition coefficient (Wildman–Crippen LogP) is 3.65. The van der Waals surface area contributed by atoms with Gasteiger partial charge < -0.3 is 4.74 Å². The molecule has 0 heterocycles. The molecule has 0 bridgehead atoms. The highest BCUT2D eigenvalue weighted by molar-refractivity contribution is 5.70. The molecule has 1 aliphatic carbocycles. The number of hydrogen-bond donors (Lipinski definition) is 0. The van der Waals surface area contributed by atoms with Crippen LogP contribution in [0.3, 0.4) is 0 Å². The maximum Gasteiger partial charge on any atom is 0.306 e. The summed E-state index contributed by atoms with van der Waals surface area (Å²) in [5, 5.41) is 0. The Hall–Kier alpha value is -0.530. The Balaban J connectivity index is 2.84. The molecule has 0 amide bonds. The molecule has 0 radical (unpaired) electrons. The zero-order valence-corrected chi connectivity index (χ0v) is 11.4. The first kappa shape index (κ1) is 13.5. The van der Waals surface area contributed by atoms with E-state index in [-0.39, 0.29) is 11.4 Å². The largest absolute Gasteiger partial charge is 0.469 e. The van der Waals surface area contributed by atoms with Crippen LogP contribution in [-0.2, 0) is 9.53 Å². The molecule has 4 atom stereocenters. The molecule has 1 saturated carbocycles. The highest BCUT2D eigenvalue weighted by Gasteiger charge is 2.49. The van der Waals surface area contributed by atoms with Crippen molar-refractivity contribution >= 4 is 5.97 Å². The number of methoxy groups -OCH3 is 1. The number of carbonyl (C=O) groups excluding carboxylic acids is 1. The van der Waals surface area contributed by atoms with Gasteiger partial charge in [-0.3, -0.25) is 4.79 Å². The second-order valence-corrected chi connectivity index (χ2v) is 5.56. The third-order valence-electron chi connectivity index (χ3n) is 5.04. The molecule has 0 aromatic carbocycles. The summed E-state index contributed by atoms with van der Waals surface area (Å²) >= 11 is 0. The SMILES string of the molecule is CCC1CC(CC)C(C)(CC(=O)OC)C1C. The van der Waals surface area contributed by atoms with Crippen molar-refractivity contribution in [3.8, 4) is 0 Å². The summed E-state index contributed by atoms with van der Waals surface area (Å²) < 4.78 is 4.85. The lowest BCUT2D eigenvalue weighted by Crippen LogP contribution is -2.31. The van der Waals surface area contributed by atoms with Crippen LogP contribution in [0.4, 0.5) is 0 Å². The molecule has 94 valence electrons. The minimum Gasteiger partial charge on any atom is -0.469 e. The normalized spacial score (nSPS) is 38.7. The molecular weight excluding hydrogens is 200 g/mol. The van der Waals surface area contributed by atoms with E-state index in [4.69, 9.17) is 4.74 Å². The van der Waals surface area contributed by atoms with Crippen LogP contribution in [0.15, 0.2) is 0 Å². The molecule has 0 aromatic rings. The van der Waals surface area contributed by atoms with Crippen molar-refractivity contribution < 1.29 is 9.53 Å². The van der Waals surface area contributed by atoms with Gasteiger partial charge in [-0.2, -0.15) is 0 Å². The van der Waals surface area contributed by atoms with E-state index in [1.807, 2.05) is 0 Å². The molecule has 0 spiro atoms. The number of carbonyl (C=O) groups is 1. The summed E-state index contributed by atoms with van der Waals surface area (Å²) in [6.07, 6.45) is 4.27. The summed E-state index contributed by atoms with van der Waals surface area (Å²) in [7, 11) is 1.49. The molecule has 1 rings (SSSR count). The van der Waals surface area contributed by atoms with E-state index < -0.39 is 0 Å². The zero-order chi connectivity index (χ0) is 12.3. The first-order valence-electron chi connectivity index (χ1n) is 6.56. The lowest BCUT2D eigenvalue weighted by atomic mass is 9.70. The van der Waals surface area contributed by atoms with Gasteiger partial charge in [-0.15, -0.1) is 0 Å². The third-order valence-corrected chi connectivity index (χ3v) is 5.04. The van der Waals surface area contributed by atoms with E-state index >= 15 is 0 Å². The van der Waals surface area contributed by atoms with E-state index in [0.29, 0.717) is 18.3 Å². The van der Waals surface area contributed by atoms with Crippen LogP contribution in [0.2, 0.25) is 0 Å². The van der Waals surface area contributed by atoms with Gasteiger partial charge in [-0.1, -0.05) is 40.5 Å². The van der Waals surface area contributed by atoms with Gasteiger partial charge in [-0.05, 0) is 29.6 Å². The minimum absolute atomic E-state index is 0.0513. The Kier molecular flexibility index (Phi) is 4.40. The van der Waals surface area contributed by atoms with Crippen molar-refractivity contribution in [2.75, 3.05) is 7.11 Å². The summed E-state index contributed by atoms with van der Waals surface area (Å²) in [5.41, 5.74) is 0.141. The smallest absolute Gasteiger partial charge is 0.306 e. The number of hydrogen-bond acceptors (Lipinski definition) is 2. The van der Waals surface area contributed by atoms with Crippen LogP contribution in [-0.4, -0.2) is 13.1 Å². The number of esters is 1. The summed E-state index contributed by atoms with van der Waals surface area (Å²) in [5.74, 6) is 2.03. The van der Waals surface area contributed by atoms with Gasteiger partial charge in [0.2, 0.25) is 0 Å². The van der Waals surface area contributed by atoms with Crippen LogP contribution >= 0.6 is 0 Å². The van der Waals surface area contributed by atoms with Crippen molar-refractivity contribution in [2.24, 2.45) is 23.2 Å². The van der Waals surface area contributed by atoms with Gasteiger partial charge in [-0.25, -0.2) is 0 Å². The topological polar surface area (TPSA) is 26.3 Å². The summed E-state index contributed by atoms with van der Waals surface area (Å²) in [6, 6.07) is 0. The monoisotopic (exact) mass is 226 g/mol. The lowest BCUT2D eigenvalue weighted by Gasteiger charge is -2.35. The average molecular weight is 226 g/mol.